The Morgan fingerprint density at radius 2 is 1.77 bits per heavy atom. The molecule has 0 aromatic rings. The quantitative estimate of drug-likeness (QED) is 0.709. The SMILES string of the molecule is CCCC(O)(CC(=O)O)C(C)(C)C. The van der Waals surface area contributed by atoms with Crippen LogP contribution in [0, 0.1) is 5.41 Å². The molecule has 1 unspecified atom stereocenters. The molecule has 3 heteroatoms. The van der Waals surface area contributed by atoms with Crippen LogP contribution in [0.5, 0.6) is 0 Å². The van der Waals surface area contributed by atoms with Crippen molar-refractivity contribution in [3.05, 3.63) is 0 Å². The molecule has 0 aliphatic carbocycles. The average molecular weight is 188 g/mol. The normalized spacial score (nSPS) is 16.7. The fraction of sp³-hybridized carbons (Fsp3) is 0.900. The molecule has 0 aromatic carbocycles. The first-order valence-electron chi connectivity index (χ1n) is 4.67. The maximum atomic E-state index is 10.6. The van der Waals surface area contributed by atoms with Gasteiger partial charge in [-0.15, -0.1) is 0 Å². The standard InChI is InChI=1S/C10H20O3/c1-5-6-10(13,7-8(11)12)9(2,3)4/h13H,5-7H2,1-4H3,(H,11,12). The Morgan fingerprint density at radius 1 is 1.31 bits per heavy atom. The number of rotatable bonds is 4. The summed E-state index contributed by atoms with van der Waals surface area (Å²) in [6, 6.07) is 0. The van der Waals surface area contributed by atoms with Crippen molar-refractivity contribution in [2.45, 2.75) is 52.6 Å². The second kappa shape index (κ2) is 4.09. The molecule has 2 N–H and O–H groups in total. The van der Waals surface area contributed by atoms with Crippen LogP contribution in [0.2, 0.25) is 0 Å². The van der Waals surface area contributed by atoms with Crippen LogP contribution in [-0.4, -0.2) is 21.8 Å². The van der Waals surface area contributed by atoms with Crippen molar-refractivity contribution in [3.63, 3.8) is 0 Å². The van der Waals surface area contributed by atoms with E-state index in [4.69, 9.17) is 5.11 Å². The van der Waals surface area contributed by atoms with Gasteiger partial charge in [0.25, 0.3) is 0 Å². The van der Waals surface area contributed by atoms with Gasteiger partial charge in [-0.05, 0) is 11.8 Å². The van der Waals surface area contributed by atoms with Crippen LogP contribution in [0.1, 0.15) is 47.0 Å². The molecular weight excluding hydrogens is 168 g/mol. The number of hydrogen-bond donors (Lipinski definition) is 2. The highest BCUT2D eigenvalue weighted by Gasteiger charge is 2.40. The summed E-state index contributed by atoms with van der Waals surface area (Å²) < 4.78 is 0. The van der Waals surface area contributed by atoms with Crippen molar-refractivity contribution >= 4 is 5.97 Å². The van der Waals surface area contributed by atoms with E-state index in [0.717, 1.165) is 6.42 Å². The molecular formula is C10H20O3. The van der Waals surface area contributed by atoms with Crippen LogP contribution in [-0.2, 0) is 4.79 Å². The van der Waals surface area contributed by atoms with Gasteiger partial charge in [-0.2, -0.15) is 0 Å². The lowest BCUT2D eigenvalue weighted by Crippen LogP contribution is -2.44. The third-order valence-corrected chi connectivity index (χ3v) is 2.50. The van der Waals surface area contributed by atoms with Gasteiger partial charge in [0.05, 0.1) is 12.0 Å². The van der Waals surface area contributed by atoms with Crippen molar-refractivity contribution in [1.82, 2.24) is 0 Å². The van der Waals surface area contributed by atoms with Crippen LogP contribution in [0.4, 0.5) is 0 Å². The van der Waals surface area contributed by atoms with Gasteiger partial charge in [-0.25, -0.2) is 0 Å². The van der Waals surface area contributed by atoms with E-state index in [0.29, 0.717) is 6.42 Å². The van der Waals surface area contributed by atoms with Crippen LogP contribution >= 0.6 is 0 Å². The predicted octanol–water partition coefficient (Wildman–Crippen LogP) is 2.04. The molecule has 0 bridgehead atoms. The maximum Gasteiger partial charge on any atom is 0.306 e. The second-order valence-electron chi connectivity index (χ2n) is 4.60. The molecule has 0 saturated heterocycles. The van der Waals surface area contributed by atoms with Gasteiger partial charge in [0, 0.05) is 0 Å². The predicted molar refractivity (Wildman–Crippen MR) is 51.6 cm³/mol. The van der Waals surface area contributed by atoms with E-state index in [-0.39, 0.29) is 11.8 Å². The van der Waals surface area contributed by atoms with E-state index in [2.05, 4.69) is 0 Å². The summed E-state index contributed by atoms with van der Waals surface area (Å²) >= 11 is 0. The monoisotopic (exact) mass is 188 g/mol. The fourth-order valence-electron chi connectivity index (χ4n) is 1.39. The number of hydrogen-bond acceptors (Lipinski definition) is 2. The van der Waals surface area contributed by atoms with Gasteiger partial charge in [0.15, 0.2) is 0 Å². The molecule has 0 aromatic heterocycles. The van der Waals surface area contributed by atoms with Crippen LogP contribution in [0.3, 0.4) is 0 Å². The molecule has 0 saturated carbocycles. The summed E-state index contributed by atoms with van der Waals surface area (Å²) in [5, 5.41) is 18.8. The first-order chi connectivity index (χ1) is 5.73. The summed E-state index contributed by atoms with van der Waals surface area (Å²) in [5.41, 5.74) is -1.48. The van der Waals surface area contributed by atoms with E-state index >= 15 is 0 Å². The van der Waals surface area contributed by atoms with E-state index < -0.39 is 11.6 Å². The number of carbonyl (C=O) groups is 1. The van der Waals surface area contributed by atoms with Gasteiger partial charge in [-0.3, -0.25) is 4.79 Å². The van der Waals surface area contributed by atoms with Gasteiger partial charge >= 0.3 is 5.97 Å². The topological polar surface area (TPSA) is 57.5 Å². The van der Waals surface area contributed by atoms with E-state index in [1.54, 1.807) is 0 Å². The van der Waals surface area contributed by atoms with Crippen molar-refractivity contribution in [2.24, 2.45) is 5.41 Å². The molecule has 0 heterocycles. The van der Waals surface area contributed by atoms with Gasteiger partial charge in [-0.1, -0.05) is 34.1 Å². The Hall–Kier alpha value is -0.570. The minimum Gasteiger partial charge on any atom is -0.481 e. The Labute approximate surface area is 79.8 Å². The highest BCUT2D eigenvalue weighted by molar-refractivity contribution is 5.68. The number of carboxylic acids is 1. The lowest BCUT2D eigenvalue weighted by molar-refractivity contribution is -0.149. The van der Waals surface area contributed by atoms with Gasteiger partial charge in [0.1, 0.15) is 0 Å². The molecule has 0 rings (SSSR count). The first kappa shape index (κ1) is 12.4. The number of carboxylic acid groups (broad SMARTS) is 1. The first-order valence-corrected chi connectivity index (χ1v) is 4.67. The van der Waals surface area contributed by atoms with Crippen molar-refractivity contribution in [2.75, 3.05) is 0 Å². The fourth-order valence-corrected chi connectivity index (χ4v) is 1.39. The highest BCUT2D eigenvalue weighted by atomic mass is 16.4. The number of aliphatic carboxylic acids is 1. The minimum absolute atomic E-state index is 0.176. The van der Waals surface area contributed by atoms with Gasteiger partial charge < -0.3 is 10.2 Å². The summed E-state index contributed by atoms with van der Waals surface area (Å²) in [6.07, 6.45) is 1.15. The molecule has 78 valence electrons. The third-order valence-electron chi connectivity index (χ3n) is 2.50. The summed E-state index contributed by atoms with van der Waals surface area (Å²) in [4.78, 5) is 10.6. The molecule has 13 heavy (non-hydrogen) atoms. The highest BCUT2D eigenvalue weighted by Crippen LogP contribution is 2.36. The second-order valence-corrected chi connectivity index (χ2v) is 4.60. The third kappa shape index (κ3) is 3.35. The summed E-state index contributed by atoms with van der Waals surface area (Å²) in [5.74, 6) is -0.939. The van der Waals surface area contributed by atoms with Gasteiger partial charge in [0.2, 0.25) is 0 Å². The maximum absolute atomic E-state index is 10.6. The molecule has 3 nitrogen and oxygen atoms in total. The Balaban J connectivity index is 4.62. The van der Waals surface area contributed by atoms with E-state index in [1.807, 2.05) is 27.7 Å². The molecule has 0 radical (unpaired) electrons. The largest absolute Gasteiger partial charge is 0.481 e. The molecule has 1 atom stereocenters. The molecule has 0 fully saturated rings. The van der Waals surface area contributed by atoms with E-state index in [9.17, 15) is 9.90 Å². The van der Waals surface area contributed by atoms with Crippen molar-refractivity contribution < 1.29 is 15.0 Å². The molecule has 0 aliphatic heterocycles. The average Bonchev–Trinajstić information content (AvgIpc) is 1.82. The summed E-state index contributed by atoms with van der Waals surface area (Å²) in [6.45, 7) is 7.54. The lowest BCUT2D eigenvalue weighted by atomic mass is 9.72. The van der Waals surface area contributed by atoms with Crippen molar-refractivity contribution in [1.29, 1.82) is 0 Å². The molecule has 0 aliphatic rings. The zero-order chi connectivity index (χ0) is 10.7. The zero-order valence-corrected chi connectivity index (χ0v) is 8.92. The number of aliphatic hydroxyl groups is 1. The van der Waals surface area contributed by atoms with E-state index in [1.165, 1.54) is 0 Å². The molecule has 0 spiro atoms. The Kier molecular flexibility index (Phi) is 3.91. The Morgan fingerprint density at radius 3 is 2.00 bits per heavy atom. The smallest absolute Gasteiger partial charge is 0.306 e. The zero-order valence-electron chi connectivity index (χ0n) is 8.92. The van der Waals surface area contributed by atoms with Crippen LogP contribution < -0.4 is 0 Å². The Bertz CT molecular complexity index is 181. The van der Waals surface area contributed by atoms with Crippen LogP contribution in [0.25, 0.3) is 0 Å². The summed E-state index contributed by atoms with van der Waals surface area (Å²) in [7, 11) is 0. The lowest BCUT2D eigenvalue weighted by Gasteiger charge is -2.39. The van der Waals surface area contributed by atoms with Crippen LogP contribution in [0.15, 0.2) is 0 Å². The minimum atomic E-state index is -1.09. The molecule has 0 amide bonds. The van der Waals surface area contributed by atoms with Crippen molar-refractivity contribution in [3.8, 4) is 0 Å².